The zero-order valence-electron chi connectivity index (χ0n) is 7.15. The zero-order chi connectivity index (χ0) is 10.2. The minimum absolute atomic E-state index is 0. The van der Waals surface area contributed by atoms with Crippen LogP contribution in [0.15, 0.2) is 16.6 Å². The molecular formula is C8H8BrClF3N. The molecule has 1 aromatic rings. The number of aryl methyl sites for hydroxylation is 1. The van der Waals surface area contributed by atoms with Crippen molar-refractivity contribution in [1.82, 2.24) is 0 Å². The first-order valence-electron chi connectivity index (χ1n) is 3.45. The second-order valence-corrected chi connectivity index (χ2v) is 3.54. The summed E-state index contributed by atoms with van der Waals surface area (Å²) in [6, 6.07) is 2.29. The van der Waals surface area contributed by atoms with Gasteiger partial charge in [0, 0.05) is 10.2 Å². The van der Waals surface area contributed by atoms with E-state index in [2.05, 4.69) is 15.9 Å². The van der Waals surface area contributed by atoms with Gasteiger partial charge in [0.25, 0.3) is 0 Å². The first-order valence-corrected chi connectivity index (χ1v) is 4.24. The summed E-state index contributed by atoms with van der Waals surface area (Å²) < 4.78 is 37.4. The number of anilines is 1. The molecule has 1 rings (SSSR count). The molecule has 0 saturated heterocycles. The first-order chi connectivity index (χ1) is 5.82. The van der Waals surface area contributed by atoms with E-state index in [4.69, 9.17) is 5.73 Å². The lowest BCUT2D eigenvalue weighted by Crippen LogP contribution is -2.08. The standard InChI is InChI=1S/C8H7BrF3N.ClH/c1-4-2-6(9)7(13)3-5(4)8(10,11)12;/h2-3H,13H2,1H3;1H. The molecule has 0 aliphatic carbocycles. The molecule has 0 saturated carbocycles. The van der Waals surface area contributed by atoms with Crippen LogP contribution in [0.3, 0.4) is 0 Å². The van der Waals surface area contributed by atoms with Crippen molar-refractivity contribution in [2.45, 2.75) is 13.1 Å². The minimum atomic E-state index is -4.33. The topological polar surface area (TPSA) is 26.0 Å². The van der Waals surface area contributed by atoms with E-state index in [1.54, 1.807) is 0 Å². The maximum absolute atomic E-state index is 12.3. The van der Waals surface area contributed by atoms with Crippen molar-refractivity contribution in [2.24, 2.45) is 0 Å². The second kappa shape index (κ2) is 4.40. The first kappa shape index (κ1) is 13.6. The van der Waals surface area contributed by atoms with E-state index in [1.165, 1.54) is 13.0 Å². The Labute approximate surface area is 94.0 Å². The molecule has 0 fully saturated rings. The van der Waals surface area contributed by atoms with Gasteiger partial charge >= 0.3 is 6.18 Å². The highest BCUT2D eigenvalue weighted by Crippen LogP contribution is 2.35. The Balaban J connectivity index is 0.00000169. The third-order valence-corrected chi connectivity index (χ3v) is 2.34. The Morgan fingerprint density at radius 1 is 1.29 bits per heavy atom. The van der Waals surface area contributed by atoms with Crippen molar-refractivity contribution in [3.8, 4) is 0 Å². The van der Waals surface area contributed by atoms with Crippen LogP contribution in [-0.2, 0) is 6.18 Å². The van der Waals surface area contributed by atoms with E-state index >= 15 is 0 Å². The van der Waals surface area contributed by atoms with Crippen LogP contribution in [0.25, 0.3) is 0 Å². The number of hydrogen-bond acceptors (Lipinski definition) is 1. The van der Waals surface area contributed by atoms with Crippen molar-refractivity contribution < 1.29 is 13.2 Å². The van der Waals surface area contributed by atoms with Gasteiger partial charge in [0.05, 0.1) is 5.56 Å². The Morgan fingerprint density at radius 3 is 2.21 bits per heavy atom. The highest BCUT2D eigenvalue weighted by atomic mass is 79.9. The van der Waals surface area contributed by atoms with E-state index in [1.807, 2.05) is 0 Å². The summed E-state index contributed by atoms with van der Waals surface area (Å²) >= 11 is 3.05. The molecule has 0 amide bonds. The average molecular weight is 291 g/mol. The quantitative estimate of drug-likeness (QED) is 0.723. The summed E-state index contributed by atoms with van der Waals surface area (Å²) in [5, 5.41) is 0. The molecule has 14 heavy (non-hydrogen) atoms. The van der Waals surface area contributed by atoms with E-state index in [0.29, 0.717) is 4.47 Å². The molecule has 80 valence electrons. The van der Waals surface area contributed by atoms with Gasteiger partial charge in [-0.05, 0) is 40.5 Å². The minimum Gasteiger partial charge on any atom is -0.398 e. The Bertz CT molecular complexity index is 338. The van der Waals surface area contributed by atoms with E-state index in [9.17, 15) is 13.2 Å². The third kappa shape index (κ3) is 2.78. The molecule has 0 spiro atoms. The van der Waals surface area contributed by atoms with Crippen LogP contribution in [0, 0.1) is 6.92 Å². The molecule has 1 aromatic carbocycles. The number of alkyl halides is 3. The zero-order valence-corrected chi connectivity index (χ0v) is 9.55. The summed E-state index contributed by atoms with van der Waals surface area (Å²) in [5.74, 6) is 0. The van der Waals surface area contributed by atoms with Gasteiger partial charge in [-0.25, -0.2) is 0 Å². The van der Waals surface area contributed by atoms with Crippen molar-refractivity contribution in [3.05, 3.63) is 27.7 Å². The number of nitrogen functional groups attached to an aromatic ring is 1. The molecule has 0 aliphatic rings. The number of benzene rings is 1. The molecule has 6 heteroatoms. The highest BCUT2D eigenvalue weighted by Gasteiger charge is 2.32. The maximum atomic E-state index is 12.3. The normalized spacial score (nSPS) is 10.9. The third-order valence-electron chi connectivity index (χ3n) is 1.65. The predicted octanol–water partition coefficient (Wildman–Crippen LogP) is 3.78. The van der Waals surface area contributed by atoms with Gasteiger partial charge < -0.3 is 5.73 Å². The van der Waals surface area contributed by atoms with Crippen LogP contribution in [0.4, 0.5) is 18.9 Å². The van der Waals surface area contributed by atoms with Gasteiger partial charge in [-0.2, -0.15) is 13.2 Å². The highest BCUT2D eigenvalue weighted by molar-refractivity contribution is 9.10. The van der Waals surface area contributed by atoms with Gasteiger partial charge in [-0.15, -0.1) is 12.4 Å². The van der Waals surface area contributed by atoms with Gasteiger partial charge in [-0.3, -0.25) is 0 Å². The molecular weight excluding hydrogens is 282 g/mol. The summed E-state index contributed by atoms with van der Waals surface area (Å²) in [4.78, 5) is 0. The number of nitrogens with two attached hydrogens (primary N) is 1. The van der Waals surface area contributed by atoms with Crippen LogP contribution >= 0.6 is 28.3 Å². The molecule has 0 unspecified atom stereocenters. The maximum Gasteiger partial charge on any atom is 0.416 e. The second-order valence-electron chi connectivity index (χ2n) is 2.69. The van der Waals surface area contributed by atoms with Gasteiger partial charge in [0.2, 0.25) is 0 Å². The van der Waals surface area contributed by atoms with Crippen molar-refractivity contribution >= 4 is 34.0 Å². The molecule has 2 N–H and O–H groups in total. The van der Waals surface area contributed by atoms with Crippen LogP contribution in [0.1, 0.15) is 11.1 Å². The fraction of sp³-hybridized carbons (Fsp3) is 0.250. The molecule has 0 radical (unpaired) electrons. The number of hydrogen-bond donors (Lipinski definition) is 1. The summed E-state index contributed by atoms with van der Waals surface area (Å²) in [5.41, 5.74) is 4.91. The smallest absolute Gasteiger partial charge is 0.398 e. The number of rotatable bonds is 0. The fourth-order valence-corrected chi connectivity index (χ4v) is 1.45. The SMILES string of the molecule is Cc1cc(Br)c(N)cc1C(F)(F)F.Cl. The Morgan fingerprint density at radius 2 is 1.79 bits per heavy atom. The molecule has 0 aliphatic heterocycles. The number of halogens is 5. The molecule has 0 atom stereocenters. The van der Waals surface area contributed by atoms with Crippen molar-refractivity contribution in [2.75, 3.05) is 5.73 Å². The summed E-state index contributed by atoms with van der Waals surface area (Å²) in [6.45, 7) is 1.40. The van der Waals surface area contributed by atoms with Gasteiger partial charge in [0.15, 0.2) is 0 Å². The molecule has 0 heterocycles. The summed E-state index contributed by atoms with van der Waals surface area (Å²) in [6.07, 6.45) is -4.33. The van der Waals surface area contributed by atoms with Crippen LogP contribution in [0.2, 0.25) is 0 Å². The average Bonchev–Trinajstić information content (AvgIpc) is 1.94. The lowest BCUT2D eigenvalue weighted by Gasteiger charge is -2.11. The summed E-state index contributed by atoms with van der Waals surface area (Å²) in [7, 11) is 0. The van der Waals surface area contributed by atoms with Gasteiger partial charge in [-0.1, -0.05) is 0 Å². The predicted molar refractivity (Wildman–Crippen MR) is 55.5 cm³/mol. The lowest BCUT2D eigenvalue weighted by atomic mass is 10.1. The van der Waals surface area contributed by atoms with E-state index in [0.717, 1.165) is 6.07 Å². The molecule has 0 aromatic heterocycles. The van der Waals surface area contributed by atoms with E-state index < -0.39 is 11.7 Å². The van der Waals surface area contributed by atoms with Crippen molar-refractivity contribution in [1.29, 1.82) is 0 Å². The lowest BCUT2D eigenvalue weighted by molar-refractivity contribution is -0.138. The van der Waals surface area contributed by atoms with Crippen LogP contribution in [-0.4, -0.2) is 0 Å². The van der Waals surface area contributed by atoms with Crippen LogP contribution < -0.4 is 5.73 Å². The Kier molecular flexibility index (Phi) is 4.27. The molecule has 0 bridgehead atoms. The van der Waals surface area contributed by atoms with Crippen molar-refractivity contribution in [3.63, 3.8) is 0 Å². The fourth-order valence-electron chi connectivity index (χ4n) is 0.995. The largest absolute Gasteiger partial charge is 0.416 e. The Hall–Kier alpha value is -0.420. The van der Waals surface area contributed by atoms with Gasteiger partial charge in [0.1, 0.15) is 0 Å². The van der Waals surface area contributed by atoms with E-state index in [-0.39, 0.29) is 23.7 Å². The molecule has 1 nitrogen and oxygen atoms in total. The van der Waals surface area contributed by atoms with Crippen LogP contribution in [0.5, 0.6) is 0 Å². The monoisotopic (exact) mass is 289 g/mol.